The molecule has 1 aromatic heterocycles. The first-order valence-corrected chi connectivity index (χ1v) is 6.43. The fourth-order valence-electron chi connectivity index (χ4n) is 1.21. The molecule has 0 saturated carbocycles. The minimum atomic E-state index is -0.154. The Labute approximate surface area is 96.0 Å². The van der Waals surface area contributed by atoms with Crippen molar-refractivity contribution in [1.82, 2.24) is 0 Å². The topological polar surface area (TPSA) is 0 Å². The molecule has 0 unspecified atom stereocenters. The fraction of sp³-hybridized carbons (Fsp3) is 0.111. The highest BCUT2D eigenvalue weighted by atomic mass is 79.9. The Morgan fingerprint density at radius 1 is 1.46 bits per heavy atom. The fourth-order valence-corrected chi connectivity index (χ4v) is 3.76. The average Bonchev–Trinajstić information content (AvgIpc) is 2.53. The molecule has 0 saturated heterocycles. The van der Waals surface area contributed by atoms with Crippen LogP contribution in [0.1, 0.15) is 5.56 Å². The number of rotatable bonds is 1. The molecule has 2 aromatic rings. The van der Waals surface area contributed by atoms with Crippen LogP contribution in [0.4, 0.5) is 4.39 Å². The second kappa shape index (κ2) is 3.67. The zero-order chi connectivity index (χ0) is 9.42. The minimum Gasteiger partial charge on any atom is -0.207 e. The van der Waals surface area contributed by atoms with Crippen LogP contribution in [0.25, 0.3) is 10.1 Å². The highest BCUT2D eigenvalue weighted by molar-refractivity contribution is 9.11. The van der Waals surface area contributed by atoms with Crippen molar-refractivity contribution in [2.24, 2.45) is 0 Å². The molecule has 0 fully saturated rings. The summed E-state index contributed by atoms with van der Waals surface area (Å²) in [6.07, 6.45) is 0. The van der Waals surface area contributed by atoms with Crippen LogP contribution in [0.3, 0.4) is 0 Å². The molecular weight excluding hydrogens is 319 g/mol. The molecule has 1 aromatic carbocycles. The highest BCUT2D eigenvalue weighted by Crippen LogP contribution is 2.34. The van der Waals surface area contributed by atoms with E-state index in [4.69, 9.17) is 0 Å². The smallest absolute Gasteiger partial charge is 0.129 e. The van der Waals surface area contributed by atoms with Crippen LogP contribution in [0, 0.1) is 5.82 Å². The van der Waals surface area contributed by atoms with Gasteiger partial charge in [-0.2, -0.15) is 0 Å². The van der Waals surface area contributed by atoms with Gasteiger partial charge in [-0.3, -0.25) is 0 Å². The molecule has 0 aliphatic heterocycles. The molecule has 0 atom stereocenters. The van der Waals surface area contributed by atoms with E-state index in [1.165, 1.54) is 0 Å². The number of alkyl halides is 1. The maximum atomic E-state index is 13.4. The molecule has 2 rings (SSSR count). The Morgan fingerprint density at radius 3 is 2.92 bits per heavy atom. The number of fused-ring (bicyclic) bond motifs is 1. The van der Waals surface area contributed by atoms with Gasteiger partial charge in [0.25, 0.3) is 0 Å². The molecule has 4 heteroatoms. The number of hydrogen-bond acceptors (Lipinski definition) is 1. The Kier molecular flexibility index (Phi) is 2.72. The zero-order valence-corrected chi connectivity index (χ0v) is 10.5. The van der Waals surface area contributed by atoms with E-state index in [0.29, 0.717) is 10.9 Å². The molecule has 0 amide bonds. The van der Waals surface area contributed by atoms with Gasteiger partial charge in [0, 0.05) is 25.5 Å². The molecule has 13 heavy (non-hydrogen) atoms. The van der Waals surface area contributed by atoms with Crippen LogP contribution < -0.4 is 0 Å². The van der Waals surface area contributed by atoms with E-state index in [1.807, 2.05) is 11.4 Å². The van der Waals surface area contributed by atoms with Gasteiger partial charge in [-0.05, 0) is 33.4 Å². The third-order valence-corrected chi connectivity index (χ3v) is 4.21. The van der Waals surface area contributed by atoms with E-state index < -0.39 is 0 Å². The van der Waals surface area contributed by atoms with E-state index in [2.05, 4.69) is 31.9 Å². The molecule has 0 aliphatic carbocycles. The van der Waals surface area contributed by atoms with Gasteiger partial charge in [-0.25, -0.2) is 4.39 Å². The molecule has 0 nitrogen and oxygen atoms in total. The largest absolute Gasteiger partial charge is 0.207 e. The van der Waals surface area contributed by atoms with Crippen molar-refractivity contribution in [3.05, 3.63) is 33.4 Å². The maximum absolute atomic E-state index is 13.4. The monoisotopic (exact) mass is 322 g/mol. The normalized spacial score (nSPS) is 11.0. The van der Waals surface area contributed by atoms with Crippen LogP contribution in [0.15, 0.2) is 22.0 Å². The highest BCUT2D eigenvalue weighted by Gasteiger charge is 2.10. The van der Waals surface area contributed by atoms with Gasteiger partial charge in [0.1, 0.15) is 5.82 Å². The van der Waals surface area contributed by atoms with Gasteiger partial charge in [0.2, 0.25) is 0 Å². The lowest BCUT2D eigenvalue weighted by Crippen LogP contribution is -1.87. The number of hydrogen-bond donors (Lipinski definition) is 0. The minimum absolute atomic E-state index is 0.154. The first-order chi connectivity index (χ1) is 6.24. The van der Waals surface area contributed by atoms with Gasteiger partial charge in [0.05, 0.1) is 0 Å². The molecule has 0 aliphatic rings. The first-order valence-electron chi connectivity index (χ1n) is 3.64. The summed E-state index contributed by atoms with van der Waals surface area (Å²) in [5.41, 5.74) is 0.686. The Bertz CT molecular complexity index is 450. The third kappa shape index (κ3) is 1.55. The SMILES string of the molecule is Fc1cc2sccc2c(Br)c1CBr. The van der Waals surface area contributed by atoms with Crippen molar-refractivity contribution in [2.75, 3.05) is 0 Å². The lowest BCUT2D eigenvalue weighted by molar-refractivity contribution is 0.619. The molecule has 0 spiro atoms. The summed E-state index contributed by atoms with van der Waals surface area (Å²) in [5, 5.41) is 3.58. The van der Waals surface area contributed by atoms with Crippen LogP contribution in [0.2, 0.25) is 0 Å². The Balaban J connectivity index is 2.85. The predicted molar refractivity (Wildman–Crippen MR) is 62.1 cm³/mol. The van der Waals surface area contributed by atoms with E-state index in [0.717, 1.165) is 14.6 Å². The summed E-state index contributed by atoms with van der Waals surface area (Å²) in [6, 6.07) is 3.58. The Hall–Kier alpha value is 0.0700. The summed E-state index contributed by atoms with van der Waals surface area (Å²) < 4.78 is 15.2. The van der Waals surface area contributed by atoms with E-state index in [-0.39, 0.29) is 5.82 Å². The summed E-state index contributed by atoms with van der Waals surface area (Å²) in [4.78, 5) is 0. The Morgan fingerprint density at radius 2 is 2.23 bits per heavy atom. The van der Waals surface area contributed by atoms with Crippen LogP contribution >= 0.6 is 43.2 Å². The van der Waals surface area contributed by atoms with E-state index >= 15 is 0 Å². The van der Waals surface area contributed by atoms with Gasteiger partial charge in [0.15, 0.2) is 0 Å². The molecule has 0 radical (unpaired) electrons. The van der Waals surface area contributed by atoms with Crippen LogP contribution in [0.5, 0.6) is 0 Å². The first kappa shape index (κ1) is 9.62. The predicted octanol–water partition coefficient (Wildman–Crippen LogP) is 4.70. The van der Waals surface area contributed by atoms with Crippen molar-refractivity contribution in [2.45, 2.75) is 5.33 Å². The number of thiophene rings is 1. The van der Waals surface area contributed by atoms with Crippen molar-refractivity contribution in [1.29, 1.82) is 0 Å². The van der Waals surface area contributed by atoms with Crippen LogP contribution in [-0.2, 0) is 5.33 Å². The van der Waals surface area contributed by atoms with Crippen molar-refractivity contribution < 1.29 is 4.39 Å². The van der Waals surface area contributed by atoms with Crippen molar-refractivity contribution in [3.63, 3.8) is 0 Å². The van der Waals surface area contributed by atoms with Crippen molar-refractivity contribution in [3.8, 4) is 0 Å². The van der Waals surface area contributed by atoms with E-state index in [1.54, 1.807) is 17.4 Å². The zero-order valence-electron chi connectivity index (χ0n) is 6.48. The quantitative estimate of drug-likeness (QED) is 0.667. The lowest BCUT2D eigenvalue weighted by Gasteiger charge is -2.03. The second-order valence-electron chi connectivity index (χ2n) is 2.62. The molecule has 0 N–H and O–H groups in total. The van der Waals surface area contributed by atoms with E-state index in [9.17, 15) is 4.39 Å². The average molecular weight is 324 g/mol. The standard InChI is InChI=1S/C9H5Br2FS/c10-4-6-7(12)3-8-5(9(6)11)1-2-13-8/h1-3H,4H2. The van der Waals surface area contributed by atoms with Crippen molar-refractivity contribution >= 4 is 53.3 Å². The maximum Gasteiger partial charge on any atom is 0.129 e. The van der Waals surface area contributed by atoms with Gasteiger partial charge in [-0.15, -0.1) is 11.3 Å². The molecule has 1 heterocycles. The summed E-state index contributed by atoms with van der Waals surface area (Å²) in [5.74, 6) is -0.154. The van der Waals surface area contributed by atoms with Gasteiger partial charge >= 0.3 is 0 Å². The second-order valence-corrected chi connectivity index (χ2v) is 4.92. The van der Waals surface area contributed by atoms with Gasteiger partial charge < -0.3 is 0 Å². The molecule has 0 bridgehead atoms. The molecular formula is C9H5Br2FS. The number of halogens is 3. The van der Waals surface area contributed by atoms with Crippen LogP contribution in [-0.4, -0.2) is 0 Å². The summed E-state index contributed by atoms with van der Waals surface area (Å²) in [6.45, 7) is 0. The lowest BCUT2D eigenvalue weighted by atomic mass is 10.2. The van der Waals surface area contributed by atoms with Gasteiger partial charge in [-0.1, -0.05) is 15.9 Å². The third-order valence-electron chi connectivity index (χ3n) is 1.88. The number of benzene rings is 1. The summed E-state index contributed by atoms with van der Waals surface area (Å²) >= 11 is 8.22. The summed E-state index contributed by atoms with van der Waals surface area (Å²) in [7, 11) is 0. The molecule has 68 valence electrons.